The topological polar surface area (TPSA) is 100 Å². The van der Waals surface area contributed by atoms with E-state index in [2.05, 4.69) is 19.9 Å². The van der Waals surface area contributed by atoms with Crippen LogP contribution in [-0.2, 0) is 11.3 Å². The molecule has 0 atom stereocenters. The van der Waals surface area contributed by atoms with E-state index in [1.807, 2.05) is 29.2 Å². The van der Waals surface area contributed by atoms with E-state index in [0.29, 0.717) is 37.2 Å². The highest BCUT2D eigenvalue weighted by Gasteiger charge is 2.23. The summed E-state index contributed by atoms with van der Waals surface area (Å²) in [6, 6.07) is 11.3. The molecule has 4 aromatic rings. The van der Waals surface area contributed by atoms with E-state index < -0.39 is 5.82 Å². The molecular formula is C24H22FN7O2. The molecule has 0 spiro atoms. The molecule has 0 bridgehead atoms. The number of hydrogen-bond acceptors (Lipinski definition) is 7. The van der Waals surface area contributed by atoms with E-state index in [1.54, 1.807) is 29.2 Å². The number of halogens is 1. The van der Waals surface area contributed by atoms with Gasteiger partial charge in [0.05, 0.1) is 6.20 Å². The Balaban J connectivity index is 1.26. The van der Waals surface area contributed by atoms with Crippen molar-refractivity contribution in [1.82, 2.24) is 24.4 Å². The van der Waals surface area contributed by atoms with Gasteiger partial charge in [-0.2, -0.15) is 0 Å². The molecular weight excluding hydrogens is 437 g/mol. The zero-order valence-electron chi connectivity index (χ0n) is 18.3. The lowest BCUT2D eigenvalue weighted by Crippen LogP contribution is -2.49. The molecule has 1 N–H and O–H groups in total. The highest BCUT2D eigenvalue weighted by atomic mass is 19.1. The number of aromatic nitrogens is 4. The number of carbonyl (C=O) groups excluding carboxylic acids is 1. The Morgan fingerprint density at radius 3 is 2.59 bits per heavy atom. The average Bonchev–Trinajstić information content (AvgIpc) is 3.26. The Morgan fingerprint density at radius 2 is 1.82 bits per heavy atom. The fraction of sp³-hybridized carbons (Fsp3) is 0.208. The Bertz CT molecular complexity index is 1330. The molecule has 10 heteroatoms. The third kappa shape index (κ3) is 4.29. The standard InChI is InChI=1S/C24H22FN7O2/c25-19-11-17-5-6-32(23(17)27-14-19)15-22(33)31-9-7-30(8-10-31)21-4-2-1-3-20(21)18-12-28-24(29-13-18)34-16-26/h1-6,11-14,16,26H,7-10,15H2. The van der Waals surface area contributed by atoms with Crippen molar-refractivity contribution in [1.29, 1.82) is 5.41 Å². The van der Waals surface area contributed by atoms with Crippen LogP contribution in [0.1, 0.15) is 0 Å². The van der Waals surface area contributed by atoms with E-state index in [9.17, 15) is 9.18 Å². The van der Waals surface area contributed by atoms with Gasteiger partial charge in [-0.3, -0.25) is 10.2 Å². The summed E-state index contributed by atoms with van der Waals surface area (Å²) in [6.07, 6.45) is 7.07. The molecule has 1 aromatic carbocycles. The first-order valence-corrected chi connectivity index (χ1v) is 10.8. The van der Waals surface area contributed by atoms with Gasteiger partial charge < -0.3 is 19.1 Å². The van der Waals surface area contributed by atoms with Crippen molar-refractivity contribution in [3.05, 3.63) is 67.0 Å². The number of piperazine rings is 1. The molecule has 1 amide bonds. The third-order valence-corrected chi connectivity index (χ3v) is 5.85. The highest BCUT2D eigenvalue weighted by Crippen LogP contribution is 2.31. The SMILES string of the molecule is N=COc1ncc(-c2ccccc2N2CCN(C(=O)Cn3ccc4cc(F)cnc43)CC2)cn1. The van der Waals surface area contributed by atoms with E-state index >= 15 is 0 Å². The highest BCUT2D eigenvalue weighted by molar-refractivity contribution is 5.82. The number of carbonyl (C=O) groups is 1. The van der Waals surface area contributed by atoms with Crippen LogP contribution in [0.3, 0.4) is 0 Å². The Labute approximate surface area is 194 Å². The third-order valence-electron chi connectivity index (χ3n) is 5.85. The first-order valence-electron chi connectivity index (χ1n) is 10.8. The van der Waals surface area contributed by atoms with Crippen molar-refractivity contribution in [2.45, 2.75) is 6.54 Å². The Hall–Kier alpha value is -4.34. The molecule has 3 aromatic heterocycles. The molecule has 1 saturated heterocycles. The van der Waals surface area contributed by atoms with Gasteiger partial charge in [0.2, 0.25) is 5.91 Å². The van der Waals surface area contributed by atoms with Gasteiger partial charge in [0.25, 0.3) is 0 Å². The maximum atomic E-state index is 13.4. The summed E-state index contributed by atoms with van der Waals surface area (Å²) in [5.41, 5.74) is 3.47. The van der Waals surface area contributed by atoms with Crippen LogP contribution in [0.4, 0.5) is 10.1 Å². The monoisotopic (exact) mass is 459 g/mol. The van der Waals surface area contributed by atoms with Crippen LogP contribution < -0.4 is 9.64 Å². The van der Waals surface area contributed by atoms with Crippen LogP contribution in [0.5, 0.6) is 6.01 Å². The fourth-order valence-electron chi connectivity index (χ4n) is 4.18. The number of nitrogens with one attached hydrogen (secondary N) is 1. The van der Waals surface area contributed by atoms with E-state index in [4.69, 9.17) is 10.1 Å². The molecule has 0 saturated carbocycles. The number of anilines is 1. The summed E-state index contributed by atoms with van der Waals surface area (Å²) in [6.45, 7) is 2.73. The van der Waals surface area contributed by atoms with Crippen LogP contribution in [0.15, 0.2) is 61.2 Å². The molecule has 1 aliphatic rings. The van der Waals surface area contributed by atoms with E-state index in [0.717, 1.165) is 23.2 Å². The zero-order valence-corrected chi connectivity index (χ0v) is 18.3. The van der Waals surface area contributed by atoms with Gasteiger partial charge in [0, 0.05) is 67.0 Å². The van der Waals surface area contributed by atoms with E-state index in [1.165, 1.54) is 12.3 Å². The predicted molar refractivity (Wildman–Crippen MR) is 125 cm³/mol. The molecule has 172 valence electrons. The summed E-state index contributed by atoms with van der Waals surface area (Å²) in [4.78, 5) is 29.4. The minimum atomic E-state index is -0.393. The smallest absolute Gasteiger partial charge is 0.322 e. The maximum Gasteiger partial charge on any atom is 0.322 e. The molecule has 0 unspecified atom stereocenters. The van der Waals surface area contributed by atoms with Gasteiger partial charge in [-0.05, 0) is 18.2 Å². The Morgan fingerprint density at radius 1 is 1.06 bits per heavy atom. The van der Waals surface area contributed by atoms with Crippen LogP contribution in [0.25, 0.3) is 22.2 Å². The number of amides is 1. The number of hydrogen-bond donors (Lipinski definition) is 1. The number of ether oxygens (including phenoxy) is 1. The van der Waals surface area contributed by atoms with Gasteiger partial charge in [-0.25, -0.2) is 19.3 Å². The Kier molecular flexibility index (Phi) is 5.86. The lowest BCUT2D eigenvalue weighted by Gasteiger charge is -2.37. The number of rotatable bonds is 6. The van der Waals surface area contributed by atoms with Gasteiger partial charge in [-0.15, -0.1) is 0 Å². The molecule has 0 aliphatic carbocycles. The number of pyridine rings is 1. The van der Waals surface area contributed by atoms with Crippen molar-refractivity contribution >= 4 is 29.0 Å². The van der Waals surface area contributed by atoms with Crippen molar-refractivity contribution in [2.75, 3.05) is 31.1 Å². The largest absolute Gasteiger partial charge is 0.413 e. The molecule has 4 heterocycles. The number of benzene rings is 1. The van der Waals surface area contributed by atoms with Crippen molar-refractivity contribution in [2.24, 2.45) is 0 Å². The minimum Gasteiger partial charge on any atom is -0.413 e. The quantitative estimate of drug-likeness (QED) is 0.352. The predicted octanol–water partition coefficient (Wildman–Crippen LogP) is 2.97. The number of nitrogens with zero attached hydrogens (tertiary/aromatic N) is 6. The summed E-state index contributed by atoms with van der Waals surface area (Å²) in [5.74, 6) is -0.387. The number of para-hydroxylation sites is 1. The second kappa shape index (κ2) is 9.26. The first kappa shape index (κ1) is 21.5. The zero-order chi connectivity index (χ0) is 23.5. The van der Waals surface area contributed by atoms with Gasteiger partial charge >= 0.3 is 6.01 Å². The lowest BCUT2D eigenvalue weighted by molar-refractivity contribution is -0.132. The molecule has 1 fully saturated rings. The van der Waals surface area contributed by atoms with E-state index in [-0.39, 0.29) is 18.5 Å². The second-order valence-electron chi connectivity index (χ2n) is 7.89. The molecule has 9 nitrogen and oxygen atoms in total. The van der Waals surface area contributed by atoms with Crippen LogP contribution >= 0.6 is 0 Å². The van der Waals surface area contributed by atoms with Gasteiger partial charge in [0.15, 0.2) is 6.40 Å². The average molecular weight is 459 g/mol. The van der Waals surface area contributed by atoms with Crippen molar-refractivity contribution < 1.29 is 13.9 Å². The maximum absolute atomic E-state index is 13.4. The van der Waals surface area contributed by atoms with Crippen LogP contribution in [-0.4, -0.2) is 62.9 Å². The number of fused-ring (bicyclic) bond motifs is 1. The summed E-state index contributed by atoms with van der Waals surface area (Å²) in [7, 11) is 0. The minimum absolute atomic E-state index is 0.00625. The van der Waals surface area contributed by atoms with Crippen LogP contribution in [0, 0.1) is 11.2 Å². The molecule has 5 rings (SSSR count). The van der Waals surface area contributed by atoms with Gasteiger partial charge in [-0.1, -0.05) is 18.2 Å². The van der Waals surface area contributed by atoms with Crippen molar-refractivity contribution in [3.63, 3.8) is 0 Å². The summed E-state index contributed by atoms with van der Waals surface area (Å²) >= 11 is 0. The lowest BCUT2D eigenvalue weighted by atomic mass is 10.1. The molecule has 34 heavy (non-hydrogen) atoms. The molecule has 0 radical (unpaired) electrons. The van der Waals surface area contributed by atoms with Crippen molar-refractivity contribution in [3.8, 4) is 17.1 Å². The van der Waals surface area contributed by atoms with Gasteiger partial charge in [0.1, 0.15) is 18.0 Å². The normalized spacial score (nSPS) is 13.8. The fourth-order valence-corrected chi connectivity index (χ4v) is 4.18. The first-order chi connectivity index (χ1) is 16.6. The summed E-state index contributed by atoms with van der Waals surface area (Å²) in [5, 5.41) is 7.67. The second-order valence-corrected chi connectivity index (χ2v) is 7.89. The molecule has 1 aliphatic heterocycles. The summed E-state index contributed by atoms with van der Waals surface area (Å²) < 4.78 is 20.0. The van der Waals surface area contributed by atoms with Crippen LogP contribution in [0.2, 0.25) is 0 Å².